The maximum atomic E-state index is 5.48. The van der Waals surface area contributed by atoms with Gasteiger partial charge in [0.25, 0.3) is 0 Å². The van der Waals surface area contributed by atoms with E-state index in [0.717, 1.165) is 23.6 Å². The van der Waals surface area contributed by atoms with Crippen molar-refractivity contribution < 1.29 is 9.47 Å². The number of methoxy groups -OCH3 is 2. The van der Waals surface area contributed by atoms with Gasteiger partial charge in [0.05, 0.1) is 14.2 Å². The van der Waals surface area contributed by atoms with Crippen LogP contribution in [0.15, 0.2) is 30.3 Å². The summed E-state index contributed by atoms with van der Waals surface area (Å²) in [6, 6.07) is 10.6. The van der Waals surface area contributed by atoms with E-state index in [9.17, 15) is 0 Å². The number of hydrogen-bond acceptors (Lipinski definition) is 3. The zero-order chi connectivity index (χ0) is 17.0. The molecule has 0 spiro atoms. The van der Waals surface area contributed by atoms with Crippen molar-refractivity contribution in [2.45, 2.75) is 40.3 Å². The third-order valence-electron chi connectivity index (χ3n) is 4.45. The Morgan fingerprint density at radius 2 is 1.61 bits per heavy atom. The van der Waals surface area contributed by atoms with Crippen molar-refractivity contribution in [1.29, 1.82) is 0 Å². The van der Waals surface area contributed by atoms with Crippen LogP contribution in [0, 0.1) is 20.8 Å². The number of aryl methyl sites for hydroxylation is 3. The van der Waals surface area contributed by atoms with E-state index in [1.54, 1.807) is 14.2 Å². The second kappa shape index (κ2) is 7.51. The van der Waals surface area contributed by atoms with Crippen LogP contribution in [0.5, 0.6) is 11.5 Å². The first-order valence-corrected chi connectivity index (χ1v) is 7.98. The number of hydrogen-bond donors (Lipinski definition) is 1. The summed E-state index contributed by atoms with van der Waals surface area (Å²) in [5.74, 6) is 1.72. The molecule has 2 aromatic carbocycles. The number of nitrogens with one attached hydrogen (secondary N) is 1. The molecule has 0 heterocycles. The van der Waals surface area contributed by atoms with Crippen LogP contribution in [-0.4, -0.2) is 14.2 Å². The van der Waals surface area contributed by atoms with Gasteiger partial charge in [0.15, 0.2) is 0 Å². The molecular formula is C20H27NO2. The number of benzene rings is 2. The Hall–Kier alpha value is -2.00. The van der Waals surface area contributed by atoms with Crippen molar-refractivity contribution in [3.63, 3.8) is 0 Å². The van der Waals surface area contributed by atoms with E-state index < -0.39 is 0 Å². The number of rotatable bonds is 6. The van der Waals surface area contributed by atoms with Crippen molar-refractivity contribution in [2.75, 3.05) is 14.2 Å². The van der Waals surface area contributed by atoms with Gasteiger partial charge in [-0.15, -0.1) is 0 Å². The standard InChI is InChI=1S/C20H27NO2/c1-13-9-15(3)17(10-14(13)2)12-21-16(4)19-11-18(22-5)7-8-20(19)23-6/h7-11,16,21H,12H2,1-6H3. The molecule has 0 saturated heterocycles. The van der Waals surface area contributed by atoms with E-state index in [4.69, 9.17) is 9.47 Å². The quantitative estimate of drug-likeness (QED) is 0.853. The molecule has 0 aromatic heterocycles. The molecule has 3 nitrogen and oxygen atoms in total. The smallest absolute Gasteiger partial charge is 0.123 e. The summed E-state index contributed by atoms with van der Waals surface area (Å²) in [6.45, 7) is 9.46. The van der Waals surface area contributed by atoms with Gasteiger partial charge in [-0.2, -0.15) is 0 Å². The van der Waals surface area contributed by atoms with Crippen LogP contribution < -0.4 is 14.8 Å². The Bertz CT molecular complexity index is 680. The SMILES string of the molecule is COc1ccc(OC)c(C(C)NCc2cc(C)c(C)cc2C)c1. The molecule has 2 rings (SSSR count). The maximum absolute atomic E-state index is 5.48. The highest BCUT2D eigenvalue weighted by Crippen LogP contribution is 2.29. The molecule has 23 heavy (non-hydrogen) atoms. The lowest BCUT2D eigenvalue weighted by Gasteiger charge is -2.19. The predicted octanol–water partition coefficient (Wildman–Crippen LogP) is 4.48. The molecule has 0 bridgehead atoms. The van der Waals surface area contributed by atoms with Gasteiger partial charge in [0.1, 0.15) is 11.5 Å². The van der Waals surface area contributed by atoms with Crippen molar-refractivity contribution in [2.24, 2.45) is 0 Å². The fraction of sp³-hybridized carbons (Fsp3) is 0.400. The topological polar surface area (TPSA) is 30.5 Å². The van der Waals surface area contributed by atoms with Crippen LogP contribution in [0.25, 0.3) is 0 Å². The summed E-state index contributed by atoms with van der Waals surface area (Å²) < 4.78 is 10.8. The summed E-state index contributed by atoms with van der Waals surface area (Å²) in [6.07, 6.45) is 0. The molecule has 1 N–H and O–H groups in total. The van der Waals surface area contributed by atoms with E-state index >= 15 is 0 Å². The molecule has 1 unspecified atom stereocenters. The monoisotopic (exact) mass is 313 g/mol. The predicted molar refractivity (Wildman–Crippen MR) is 95.5 cm³/mol. The third kappa shape index (κ3) is 4.05. The summed E-state index contributed by atoms with van der Waals surface area (Å²) in [5, 5.41) is 3.59. The largest absolute Gasteiger partial charge is 0.497 e. The van der Waals surface area contributed by atoms with Gasteiger partial charge in [-0.3, -0.25) is 0 Å². The van der Waals surface area contributed by atoms with Gasteiger partial charge < -0.3 is 14.8 Å². The van der Waals surface area contributed by atoms with Gasteiger partial charge in [-0.25, -0.2) is 0 Å². The minimum Gasteiger partial charge on any atom is -0.497 e. The van der Waals surface area contributed by atoms with Crippen LogP contribution in [0.2, 0.25) is 0 Å². The van der Waals surface area contributed by atoms with Gasteiger partial charge in [0, 0.05) is 18.2 Å². The second-order valence-electron chi connectivity index (χ2n) is 6.07. The molecule has 0 aliphatic carbocycles. The van der Waals surface area contributed by atoms with Crippen molar-refractivity contribution in [1.82, 2.24) is 5.32 Å². The summed E-state index contributed by atoms with van der Waals surface area (Å²) in [4.78, 5) is 0. The Labute approximate surface area is 139 Å². The molecule has 0 radical (unpaired) electrons. The molecule has 0 aliphatic heterocycles. The first kappa shape index (κ1) is 17.4. The van der Waals surface area contributed by atoms with Crippen LogP contribution in [-0.2, 0) is 6.54 Å². The number of ether oxygens (including phenoxy) is 2. The lowest BCUT2D eigenvalue weighted by molar-refractivity contribution is 0.391. The van der Waals surface area contributed by atoms with Crippen LogP contribution in [0.3, 0.4) is 0 Å². The Morgan fingerprint density at radius 3 is 2.26 bits per heavy atom. The van der Waals surface area contributed by atoms with E-state index in [2.05, 4.69) is 45.1 Å². The highest BCUT2D eigenvalue weighted by atomic mass is 16.5. The van der Waals surface area contributed by atoms with Crippen LogP contribution in [0.4, 0.5) is 0 Å². The normalized spacial score (nSPS) is 12.1. The molecule has 2 aromatic rings. The molecule has 0 saturated carbocycles. The van der Waals surface area contributed by atoms with Crippen molar-refractivity contribution in [3.8, 4) is 11.5 Å². The van der Waals surface area contributed by atoms with Gasteiger partial charge in [0.2, 0.25) is 0 Å². The molecule has 3 heteroatoms. The van der Waals surface area contributed by atoms with Crippen LogP contribution in [0.1, 0.15) is 40.8 Å². The third-order valence-corrected chi connectivity index (χ3v) is 4.45. The van der Waals surface area contributed by atoms with Gasteiger partial charge in [-0.05, 0) is 68.1 Å². The molecular weight excluding hydrogens is 286 g/mol. The van der Waals surface area contributed by atoms with E-state index in [1.165, 1.54) is 22.3 Å². The molecule has 0 fully saturated rings. The lowest BCUT2D eigenvalue weighted by Crippen LogP contribution is -2.19. The first-order valence-electron chi connectivity index (χ1n) is 7.98. The average molecular weight is 313 g/mol. The summed E-state index contributed by atoms with van der Waals surface area (Å²) in [7, 11) is 3.38. The Morgan fingerprint density at radius 1 is 0.913 bits per heavy atom. The summed E-state index contributed by atoms with van der Waals surface area (Å²) >= 11 is 0. The lowest BCUT2D eigenvalue weighted by atomic mass is 10.00. The van der Waals surface area contributed by atoms with Gasteiger partial charge >= 0.3 is 0 Å². The molecule has 1 atom stereocenters. The molecule has 124 valence electrons. The first-order chi connectivity index (χ1) is 11.0. The highest BCUT2D eigenvalue weighted by Gasteiger charge is 2.13. The fourth-order valence-corrected chi connectivity index (χ4v) is 2.76. The van der Waals surface area contributed by atoms with E-state index in [-0.39, 0.29) is 6.04 Å². The van der Waals surface area contributed by atoms with Crippen molar-refractivity contribution >= 4 is 0 Å². The zero-order valence-electron chi connectivity index (χ0n) is 15.0. The average Bonchev–Trinajstić information content (AvgIpc) is 2.56. The molecule has 0 aliphatic rings. The van der Waals surface area contributed by atoms with Gasteiger partial charge in [-0.1, -0.05) is 12.1 Å². The minimum atomic E-state index is 0.168. The summed E-state index contributed by atoms with van der Waals surface area (Å²) in [5.41, 5.74) is 6.44. The van der Waals surface area contributed by atoms with Crippen LogP contribution >= 0.6 is 0 Å². The maximum Gasteiger partial charge on any atom is 0.123 e. The second-order valence-corrected chi connectivity index (χ2v) is 6.07. The van der Waals surface area contributed by atoms with E-state index in [1.807, 2.05) is 18.2 Å². The highest BCUT2D eigenvalue weighted by molar-refractivity contribution is 5.42. The Kier molecular flexibility index (Phi) is 5.67. The van der Waals surface area contributed by atoms with Crippen molar-refractivity contribution in [3.05, 3.63) is 58.1 Å². The fourth-order valence-electron chi connectivity index (χ4n) is 2.76. The minimum absolute atomic E-state index is 0.168. The van der Waals surface area contributed by atoms with E-state index in [0.29, 0.717) is 0 Å². The zero-order valence-corrected chi connectivity index (χ0v) is 15.0. The Balaban J connectivity index is 2.16. The molecule has 0 amide bonds.